The monoisotopic (exact) mass is 346 g/mol. The van der Waals surface area contributed by atoms with E-state index in [-0.39, 0.29) is 23.8 Å². The largest absolute Gasteiger partial charge is 0.393 e. The van der Waals surface area contributed by atoms with E-state index < -0.39 is 6.10 Å². The maximum atomic E-state index is 12.7. The van der Waals surface area contributed by atoms with Gasteiger partial charge in [-0.15, -0.1) is 0 Å². The summed E-state index contributed by atoms with van der Waals surface area (Å²) < 4.78 is 0. The van der Waals surface area contributed by atoms with Crippen LogP contribution in [0.4, 0.5) is 0 Å². The first-order valence-corrected chi connectivity index (χ1v) is 9.12. The van der Waals surface area contributed by atoms with E-state index in [0.29, 0.717) is 18.5 Å². The van der Waals surface area contributed by atoms with Crippen molar-refractivity contribution in [1.29, 1.82) is 0 Å². The SMILES string of the molecule is CC(O)CC1CCCN1C(=O)c1ccc(CN(C)C(=O)C(C)C)cc1. The number of hydrogen-bond donors (Lipinski definition) is 1. The molecule has 1 aromatic carbocycles. The quantitative estimate of drug-likeness (QED) is 0.861. The van der Waals surface area contributed by atoms with Crippen molar-refractivity contribution < 1.29 is 14.7 Å². The Morgan fingerprint density at radius 3 is 2.44 bits per heavy atom. The minimum absolute atomic E-state index is 0.0214. The second kappa shape index (κ2) is 8.48. The number of aliphatic hydroxyl groups is 1. The zero-order chi connectivity index (χ0) is 18.6. The summed E-state index contributed by atoms with van der Waals surface area (Å²) in [5.41, 5.74) is 1.68. The fraction of sp³-hybridized carbons (Fsp3) is 0.600. The maximum absolute atomic E-state index is 12.7. The molecule has 0 spiro atoms. The van der Waals surface area contributed by atoms with Crippen molar-refractivity contribution in [2.75, 3.05) is 13.6 Å². The Kier molecular flexibility index (Phi) is 6.59. The van der Waals surface area contributed by atoms with E-state index in [1.807, 2.05) is 43.0 Å². The van der Waals surface area contributed by atoms with E-state index in [2.05, 4.69) is 0 Å². The Balaban J connectivity index is 2.01. The number of hydrogen-bond acceptors (Lipinski definition) is 3. The van der Waals surface area contributed by atoms with Crippen molar-refractivity contribution in [3.8, 4) is 0 Å². The summed E-state index contributed by atoms with van der Waals surface area (Å²) in [6, 6.07) is 7.63. The van der Waals surface area contributed by atoms with Gasteiger partial charge in [0.1, 0.15) is 0 Å². The fourth-order valence-corrected chi connectivity index (χ4v) is 3.45. The molecule has 1 aliphatic heterocycles. The van der Waals surface area contributed by atoms with Crippen LogP contribution < -0.4 is 0 Å². The van der Waals surface area contributed by atoms with Gasteiger partial charge < -0.3 is 14.9 Å². The van der Waals surface area contributed by atoms with Crippen molar-refractivity contribution in [3.05, 3.63) is 35.4 Å². The molecule has 0 aromatic heterocycles. The van der Waals surface area contributed by atoms with Crippen LogP contribution >= 0.6 is 0 Å². The van der Waals surface area contributed by atoms with E-state index in [1.54, 1.807) is 18.9 Å². The van der Waals surface area contributed by atoms with Crippen molar-refractivity contribution >= 4 is 11.8 Å². The van der Waals surface area contributed by atoms with Gasteiger partial charge in [0.25, 0.3) is 5.91 Å². The number of benzene rings is 1. The molecule has 0 saturated carbocycles. The van der Waals surface area contributed by atoms with Gasteiger partial charge >= 0.3 is 0 Å². The molecule has 1 heterocycles. The first-order valence-electron chi connectivity index (χ1n) is 9.12. The van der Waals surface area contributed by atoms with Gasteiger partial charge in [-0.3, -0.25) is 9.59 Å². The van der Waals surface area contributed by atoms with Gasteiger partial charge in [-0.25, -0.2) is 0 Å². The number of nitrogens with zero attached hydrogens (tertiary/aromatic N) is 2. The molecule has 2 atom stereocenters. The third-order valence-electron chi connectivity index (χ3n) is 4.74. The smallest absolute Gasteiger partial charge is 0.254 e. The third kappa shape index (κ3) is 5.05. The molecule has 5 heteroatoms. The predicted molar refractivity (Wildman–Crippen MR) is 98.1 cm³/mol. The van der Waals surface area contributed by atoms with Gasteiger partial charge in [0, 0.05) is 37.7 Å². The Morgan fingerprint density at radius 1 is 1.24 bits per heavy atom. The molecular formula is C20H30N2O3. The van der Waals surface area contributed by atoms with Crippen molar-refractivity contribution in [2.45, 2.75) is 58.7 Å². The molecular weight excluding hydrogens is 316 g/mol. The van der Waals surface area contributed by atoms with E-state index >= 15 is 0 Å². The second-order valence-corrected chi connectivity index (χ2v) is 7.43. The van der Waals surface area contributed by atoms with Crippen LogP contribution in [0.15, 0.2) is 24.3 Å². The van der Waals surface area contributed by atoms with Crippen LogP contribution in [0.3, 0.4) is 0 Å². The molecule has 138 valence electrons. The highest BCUT2D eigenvalue weighted by Crippen LogP contribution is 2.24. The van der Waals surface area contributed by atoms with Crippen LogP contribution in [0.25, 0.3) is 0 Å². The van der Waals surface area contributed by atoms with Gasteiger partial charge in [0.2, 0.25) is 5.91 Å². The number of likely N-dealkylation sites (tertiary alicyclic amines) is 1. The number of carbonyl (C=O) groups is 2. The predicted octanol–water partition coefficient (Wildman–Crippen LogP) is 2.68. The molecule has 1 aliphatic rings. The summed E-state index contributed by atoms with van der Waals surface area (Å²) in [5, 5.41) is 9.62. The summed E-state index contributed by atoms with van der Waals surface area (Å²) in [5.74, 6) is 0.117. The zero-order valence-corrected chi connectivity index (χ0v) is 15.7. The third-order valence-corrected chi connectivity index (χ3v) is 4.74. The van der Waals surface area contributed by atoms with Crippen molar-refractivity contribution in [3.63, 3.8) is 0 Å². The van der Waals surface area contributed by atoms with E-state index in [1.165, 1.54) is 0 Å². The Bertz CT molecular complexity index is 595. The Morgan fingerprint density at radius 2 is 1.88 bits per heavy atom. The molecule has 1 fully saturated rings. The fourth-order valence-electron chi connectivity index (χ4n) is 3.45. The first kappa shape index (κ1) is 19.4. The summed E-state index contributed by atoms with van der Waals surface area (Å²) in [7, 11) is 1.80. The standard InChI is InChI=1S/C20H30N2O3/c1-14(2)19(24)21(4)13-16-7-9-17(10-8-16)20(25)22-11-5-6-18(22)12-15(3)23/h7-10,14-15,18,23H,5-6,11-13H2,1-4H3. The molecule has 0 radical (unpaired) electrons. The molecule has 1 aromatic rings. The highest BCUT2D eigenvalue weighted by Gasteiger charge is 2.30. The lowest BCUT2D eigenvalue weighted by Crippen LogP contribution is -2.37. The van der Waals surface area contributed by atoms with Crippen LogP contribution in [0.5, 0.6) is 0 Å². The number of carbonyl (C=O) groups excluding carboxylic acids is 2. The number of amides is 2. The number of rotatable bonds is 6. The van der Waals surface area contributed by atoms with Crippen LogP contribution in [-0.2, 0) is 11.3 Å². The highest BCUT2D eigenvalue weighted by atomic mass is 16.3. The van der Waals surface area contributed by atoms with Crippen LogP contribution in [0, 0.1) is 5.92 Å². The summed E-state index contributed by atoms with van der Waals surface area (Å²) in [6.07, 6.45) is 2.18. The maximum Gasteiger partial charge on any atom is 0.254 e. The molecule has 1 saturated heterocycles. The molecule has 0 aliphatic carbocycles. The lowest BCUT2D eigenvalue weighted by molar-refractivity contribution is -0.133. The zero-order valence-electron chi connectivity index (χ0n) is 15.7. The van der Waals surface area contributed by atoms with Crippen LogP contribution in [0.1, 0.15) is 56.0 Å². The molecule has 2 rings (SSSR count). The van der Waals surface area contributed by atoms with Gasteiger partial charge in [-0.2, -0.15) is 0 Å². The molecule has 2 amide bonds. The average molecular weight is 346 g/mol. The van der Waals surface area contributed by atoms with Crippen LogP contribution in [-0.4, -0.2) is 52.5 Å². The van der Waals surface area contributed by atoms with E-state index in [9.17, 15) is 14.7 Å². The Labute approximate surface area is 150 Å². The van der Waals surface area contributed by atoms with Crippen molar-refractivity contribution in [1.82, 2.24) is 9.80 Å². The molecule has 5 nitrogen and oxygen atoms in total. The second-order valence-electron chi connectivity index (χ2n) is 7.43. The van der Waals surface area contributed by atoms with E-state index in [4.69, 9.17) is 0 Å². The average Bonchev–Trinajstić information content (AvgIpc) is 3.01. The summed E-state index contributed by atoms with van der Waals surface area (Å²) in [6.45, 7) is 6.84. The first-order chi connectivity index (χ1) is 11.8. The lowest BCUT2D eigenvalue weighted by atomic mass is 10.1. The van der Waals surface area contributed by atoms with Crippen LogP contribution in [0.2, 0.25) is 0 Å². The lowest BCUT2D eigenvalue weighted by Gasteiger charge is -2.26. The molecule has 0 bridgehead atoms. The summed E-state index contributed by atoms with van der Waals surface area (Å²) >= 11 is 0. The van der Waals surface area contributed by atoms with Crippen molar-refractivity contribution in [2.24, 2.45) is 5.92 Å². The van der Waals surface area contributed by atoms with Gasteiger partial charge in [-0.1, -0.05) is 26.0 Å². The normalized spacial score (nSPS) is 18.5. The van der Waals surface area contributed by atoms with Gasteiger partial charge in [-0.05, 0) is 43.9 Å². The minimum atomic E-state index is -0.394. The number of aliphatic hydroxyl groups excluding tert-OH is 1. The molecule has 25 heavy (non-hydrogen) atoms. The van der Waals surface area contributed by atoms with Gasteiger partial charge in [0.05, 0.1) is 6.10 Å². The summed E-state index contributed by atoms with van der Waals surface area (Å²) in [4.78, 5) is 28.3. The minimum Gasteiger partial charge on any atom is -0.393 e. The highest BCUT2D eigenvalue weighted by molar-refractivity contribution is 5.94. The van der Waals surface area contributed by atoms with Gasteiger partial charge in [0.15, 0.2) is 0 Å². The topological polar surface area (TPSA) is 60.9 Å². The molecule has 1 N–H and O–H groups in total. The van der Waals surface area contributed by atoms with E-state index in [0.717, 1.165) is 24.9 Å². The Hall–Kier alpha value is -1.88. The molecule has 2 unspecified atom stereocenters.